The molecule has 2 atom stereocenters. The normalized spacial score (nSPS) is 35.7. The summed E-state index contributed by atoms with van der Waals surface area (Å²) in [4.78, 5) is 15.9. The molecule has 16 heavy (non-hydrogen) atoms. The summed E-state index contributed by atoms with van der Waals surface area (Å²) >= 11 is 5.79. The van der Waals surface area contributed by atoms with Crippen molar-refractivity contribution >= 4 is 23.1 Å². The Morgan fingerprint density at radius 2 is 2.50 bits per heavy atom. The van der Waals surface area contributed by atoms with Crippen molar-refractivity contribution in [1.82, 2.24) is 10.9 Å². The molecule has 2 heterocycles. The summed E-state index contributed by atoms with van der Waals surface area (Å²) in [6.45, 7) is 1.32. The average molecular weight is 238 g/mol. The van der Waals surface area contributed by atoms with E-state index in [0.29, 0.717) is 12.5 Å². The van der Waals surface area contributed by atoms with Crippen LogP contribution in [0.25, 0.3) is 0 Å². The first kappa shape index (κ1) is 10.1. The van der Waals surface area contributed by atoms with Crippen molar-refractivity contribution in [2.75, 3.05) is 13.1 Å². The minimum Gasteiger partial charge on any atom is -0.325 e. The lowest BCUT2D eigenvalue weighted by atomic mass is 9.69. The Hall–Kier alpha value is -1.13. The molecule has 2 N–H and O–H groups in total. The molecule has 0 bridgehead atoms. The Labute approximate surface area is 98.4 Å². The van der Waals surface area contributed by atoms with Gasteiger partial charge in [0.05, 0.1) is 12.0 Å². The summed E-state index contributed by atoms with van der Waals surface area (Å²) < 4.78 is 0. The lowest BCUT2D eigenvalue weighted by Crippen LogP contribution is -2.40. The average Bonchev–Trinajstić information content (AvgIpc) is 2.72. The van der Waals surface area contributed by atoms with Crippen molar-refractivity contribution in [1.29, 1.82) is 0 Å². The maximum atomic E-state index is 11.7. The zero-order valence-electron chi connectivity index (χ0n) is 8.66. The second-order valence-electron chi connectivity index (χ2n) is 4.47. The molecule has 2 unspecified atom stereocenters. The number of nitrogens with zero attached hydrogens (tertiary/aromatic N) is 1. The molecule has 0 amide bonds. The number of halogens is 1. The zero-order chi connectivity index (χ0) is 11.2. The number of hydrogen-bond acceptors (Lipinski definition) is 4. The van der Waals surface area contributed by atoms with Crippen LogP contribution in [0.2, 0.25) is 0 Å². The first-order valence-electron chi connectivity index (χ1n) is 5.33. The molecule has 5 heteroatoms. The van der Waals surface area contributed by atoms with Crippen molar-refractivity contribution in [2.24, 2.45) is 16.3 Å². The van der Waals surface area contributed by atoms with Crippen molar-refractivity contribution in [2.45, 2.75) is 6.42 Å². The molecule has 84 valence electrons. The van der Waals surface area contributed by atoms with Gasteiger partial charge in [-0.05, 0) is 35.7 Å². The van der Waals surface area contributed by atoms with E-state index in [0.717, 1.165) is 24.2 Å². The van der Waals surface area contributed by atoms with Crippen LogP contribution in [-0.4, -0.2) is 24.5 Å². The summed E-state index contributed by atoms with van der Waals surface area (Å²) in [5.74, 6) is 0.341. The quantitative estimate of drug-likeness (QED) is 0.662. The van der Waals surface area contributed by atoms with Gasteiger partial charge in [0.15, 0.2) is 0 Å². The van der Waals surface area contributed by atoms with E-state index < -0.39 is 5.41 Å². The molecular formula is C11H12ClN3O. The largest absolute Gasteiger partial charge is 0.325 e. The maximum Gasteiger partial charge on any atom is 0.234 e. The van der Waals surface area contributed by atoms with Gasteiger partial charge >= 0.3 is 0 Å². The van der Waals surface area contributed by atoms with Crippen LogP contribution in [0.3, 0.4) is 0 Å². The van der Waals surface area contributed by atoms with E-state index >= 15 is 0 Å². The molecule has 3 rings (SSSR count). The molecular weight excluding hydrogens is 226 g/mol. The summed E-state index contributed by atoms with van der Waals surface area (Å²) in [5, 5.41) is -0.294. The highest BCUT2D eigenvalue weighted by Gasteiger charge is 2.47. The second kappa shape index (κ2) is 3.43. The lowest BCUT2D eigenvalue weighted by Gasteiger charge is -2.37. The topological polar surface area (TPSA) is 53.5 Å². The number of aliphatic imine (C=N–C) groups is 1. The number of carbonyl (C=O) groups is 1. The fraction of sp³-hybridized carbons (Fsp3) is 0.455. The van der Waals surface area contributed by atoms with Gasteiger partial charge in [0.2, 0.25) is 5.24 Å². The van der Waals surface area contributed by atoms with E-state index in [-0.39, 0.29) is 5.24 Å². The van der Waals surface area contributed by atoms with Crippen LogP contribution in [0.5, 0.6) is 0 Å². The number of rotatable bonds is 1. The predicted molar refractivity (Wildman–Crippen MR) is 62.1 cm³/mol. The van der Waals surface area contributed by atoms with Gasteiger partial charge in [-0.15, -0.1) is 0 Å². The molecule has 0 radical (unpaired) electrons. The van der Waals surface area contributed by atoms with Gasteiger partial charge in [-0.1, -0.05) is 0 Å². The molecule has 1 aliphatic carbocycles. The summed E-state index contributed by atoms with van der Waals surface area (Å²) in [7, 11) is 0. The fourth-order valence-corrected chi connectivity index (χ4v) is 2.88. The minimum atomic E-state index is -0.599. The number of carbonyl (C=O) groups excluding carboxylic acids is 1. The molecule has 0 aromatic heterocycles. The number of hydrogen-bond donors (Lipinski definition) is 2. The van der Waals surface area contributed by atoms with Gasteiger partial charge in [0.1, 0.15) is 0 Å². The number of allylic oxidation sites excluding steroid dienone is 2. The van der Waals surface area contributed by atoms with Gasteiger partial charge in [0, 0.05) is 24.4 Å². The number of hydrazine groups is 1. The highest BCUT2D eigenvalue weighted by molar-refractivity contribution is 6.65. The van der Waals surface area contributed by atoms with Crippen LogP contribution in [0, 0.1) is 11.3 Å². The monoisotopic (exact) mass is 237 g/mol. The Morgan fingerprint density at radius 3 is 3.31 bits per heavy atom. The molecule has 3 aliphatic rings. The molecule has 1 saturated heterocycles. The van der Waals surface area contributed by atoms with Crippen LogP contribution in [0.15, 0.2) is 28.4 Å². The van der Waals surface area contributed by atoms with Crippen molar-refractivity contribution in [3.63, 3.8) is 0 Å². The first-order valence-corrected chi connectivity index (χ1v) is 5.71. The van der Waals surface area contributed by atoms with E-state index in [1.165, 1.54) is 0 Å². The van der Waals surface area contributed by atoms with Crippen LogP contribution in [-0.2, 0) is 4.79 Å². The van der Waals surface area contributed by atoms with Crippen LogP contribution >= 0.6 is 11.6 Å². The third-order valence-electron chi connectivity index (χ3n) is 3.58. The number of nitrogens with one attached hydrogen (secondary N) is 2. The van der Waals surface area contributed by atoms with Gasteiger partial charge in [-0.3, -0.25) is 9.79 Å². The molecule has 4 nitrogen and oxygen atoms in total. The highest BCUT2D eigenvalue weighted by atomic mass is 35.5. The number of dihydropyridines is 1. The minimum absolute atomic E-state index is 0.294. The lowest BCUT2D eigenvalue weighted by molar-refractivity contribution is -0.119. The standard InChI is InChI=1S/C11H12ClN3O/c12-10(16)11-4-7-5-14-15-9(7)3-8(11)1-2-13-6-11/h1-3,7,14-15H,4-6H2. The maximum absolute atomic E-state index is 11.7. The van der Waals surface area contributed by atoms with Crippen molar-refractivity contribution in [3.05, 3.63) is 23.4 Å². The summed E-state index contributed by atoms with van der Waals surface area (Å²) in [6, 6.07) is 0. The van der Waals surface area contributed by atoms with E-state index in [1.54, 1.807) is 6.21 Å². The van der Waals surface area contributed by atoms with Crippen molar-refractivity contribution < 1.29 is 4.79 Å². The van der Waals surface area contributed by atoms with Crippen LogP contribution < -0.4 is 10.9 Å². The van der Waals surface area contributed by atoms with Gasteiger partial charge in [0.25, 0.3) is 0 Å². The smallest absolute Gasteiger partial charge is 0.234 e. The molecule has 1 fully saturated rings. The van der Waals surface area contributed by atoms with Crippen LogP contribution in [0.1, 0.15) is 6.42 Å². The van der Waals surface area contributed by atoms with E-state index in [9.17, 15) is 4.79 Å². The van der Waals surface area contributed by atoms with Gasteiger partial charge < -0.3 is 5.43 Å². The number of fused-ring (bicyclic) bond motifs is 2. The van der Waals surface area contributed by atoms with Crippen molar-refractivity contribution in [3.8, 4) is 0 Å². The molecule has 2 aliphatic heterocycles. The molecule has 0 spiro atoms. The SMILES string of the molecule is O=C(Cl)C12CN=CC=C1C=C1NNCC1C2. The Kier molecular flexibility index (Phi) is 2.16. The third-order valence-corrected chi connectivity index (χ3v) is 3.94. The molecule has 0 saturated carbocycles. The molecule has 0 aromatic carbocycles. The zero-order valence-corrected chi connectivity index (χ0v) is 9.42. The van der Waals surface area contributed by atoms with E-state index in [4.69, 9.17) is 11.6 Å². The third kappa shape index (κ3) is 1.26. The Balaban J connectivity index is 2.08. The van der Waals surface area contributed by atoms with E-state index in [1.807, 2.05) is 12.2 Å². The van der Waals surface area contributed by atoms with Gasteiger partial charge in [-0.25, -0.2) is 5.43 Å². The summed E-state index contributed by atoms with van der Waals surface area (Å²) in [5.41, 5.74) is 7.73. The Bertz CT molecular complexity index is 441. The van der Waals surface area contributed by atoms with Crippen LogP contribution in [0.4, 0.5) is 0 Å². The van der Waals surface area contributed by atoms with Gasteiger partial charge in [-0.2, -0.15) is 0 Å². The Morgan fingerprint density at radius 1 is 1.62 bits per heavy atom. The predicted octanol–water partition coefficient (Wildman–Crippen LogP) is 0.761. The first-order chi connectivity index (χ1) is 7.72. The molecule has 0 aromatic rings. The highest BCUT2D eigenvalue weighted by Crippen LogP contribution is 2.45. The fourth-order valence-electron chi connectivity index (χ4n) is 2.63. The summed E-state index contributed by atoms with van der Waals surface area (Å²) in [6.07, 6.45) is 6.39. The van der Waals surface area contributed by atoms with E-state index in [2.05, 4.69) is 15.8 Å². The second-order valence-corrected chi connectivity index (χ2v) is 4.82.